The van der Waals surface area contributed by atoms with Crippen molar-refractivity contribution >= 4 is 16.1 Å². The first-order chi connectivity index (χ1) is 6.33. The molecule has 0 aromatic heterocycles. The molecule has 0 aliphatic rings. The minimum absolute atomic E-state index is 1.49. The van der Waals surface area contributed by atoms with Crippen molar-refractivity contribution in [1.29, 1.82) is 0 Å². The first-order valence-electron chi connectivity index (χ1n) is 4.64. The summed E-state index contributed by atoms with van der Waals surface area (Å²) < 4.78 is 0. The molecule has 0 saturated heterocycles. The molecule has 0 aliphatic carbocycles. The first-order valence-corrected chi connectivity index (χ1v) is 10.8. The number of rotatable bonds is 2. The molecule has 2 heteroatoms. The fraction of sp³-hybridized carbons (Fsp3) is 0.333. The highest BCUT2D eigenvalue weighted by Gasteiger charge is 2.12. The van der Waals surface area contributed by atoms with E-state index in [0.29, 0.717) is 0 Å². The number of hydrogen-bond donors (Lipinski definition) is 0. The smallest absolute Gasteiger partial charge is 0.113 e. The molecule has 0 aliphatic heterocycles. The third-order valence-electron chi connectivity index (χ3n) is 1.85. The lowest BCUT2D eigenvalue weighted by atomic mass is 10.7. The van der Waals surface area contributed by atoms with E-state index in [9.17, 15) is 0 Å². The average Bonchev–Trinajstić information content (AvgIpc) is 2.13. The molecule has 0 saturated carbocycles. The second-order valence-corrected chi connectivity index (χ2v) is 12.6. The summed E-state index contributed by atoms with van der Waals surface area (Å²) in [6.45, 7) is 16.2. The molecule has 0 spiro atoms. The van der Waals surface area contributed by atoms with Gasteiger partial charge in [0.2, 0.25) is 0 Å². The van der Waals surface area contributed by atoms with Crippen LogP contribution < -0.4 is 0 Å². The van der Waals surface area contributed by atoms with E-state index in [-0.39, 0.29) is 0 Å². The summed E-state index contributed by atoms with van der Waals surface area (Å²) in [5.41, 5.74) is 10.3. The molecule has 14 heavy (non-hydrogen) atoms. The predicted molar refractivity (Wildman–Crippen MR) is 70.9 cm³/mol. The van der Waals surface area contributed by atoms with Gasteiger partial charge >= 0.3 is 0 Å². The van der Waals surface area contributed by atoms with Gasteiger partial charge in [0.05, 0.1) is 0 Å². The third kappa shape index (κ3) is 5.64. The topological polar surface area (TPSA) is 0 Å². The summed E-state index contributed by atoms with van der Waals surface area (Å²) in [5, 5.41) is 0. The van der Waals surface area contributed by atoms with Gasteiger partial charge in [-0.3, -0.25) is 0 Å². The van der Waals surface area contributed by atoms with Crippen LogP contribution >= 0.6 is 0 Å². The van der Waals surface area contributed by atoms with Crippen LogP contribution in [0.25, 0.3) is 0 Å². The Bertz CT molecular complexity index is 304. The van der Waals surface area contributed by atoms with Crippen LogP contribution in [0.2, 0.25) is 26.2 Å². The molecule has 0 bridgehead atoms. The molecular formula is C12H18Si2. The Morgan fingerprint density at radius 1 is 0.786 bits per heavy atom. The zero-order valence-electron chi connectivity index (χ0n) is 9.57. The molecule has 0 N–H and O–H groups in total. The van der Waals surface area contributed by atoms with Gasteiger partial charge in [0.25, 0.3) is 0 Å². The summed E-state index contributed by atoms with van der Waals surface area (Å²) in [6.07, 6.45) is 0. The van der Waals surface area contributed by atoms with Gasteiger partial charge in [-0.15, -0.1) is 24.2 Å². The van der Waals surface area contributed by atoms with E-state index >= 15 is 0 Å². The molecule has 0 unspecified atom stereocenters. The molecule has 0 amide bonds. The molecular weight excluding hydrogens is 200 g/mol. The number of hydrogen-bond acceptors (Lipinski definition) is 0. The molecule has 0 aromatic rings. The third-order valence-corrected chi connectivity index (χ3v) is 5.43. The van der Waals surface area contributed by atoms with Crippen LogP contribution in [0.4, 0.5) is 0 Å². The molecule has 0 aromatic carbocycles. The van der Waals surface area contributed by atoms with Crippen molar-refractivity contribution in [3.63, 3.8) is 0 Å². The van der Waals surface area contributed by atoms with E-state index in [0.717, 1.165) is 0 Å². The highest BCUT2D eigenvalue weighted by atomic mass is 28.3. The SMILES string of the molecule is C=C[Si](C)(C)C#CC#C[Si](C)(C)C=C. The second-order valence-electron chi connectivity index (χ2n) is 4.35. The van der Waals surface area contributed by atoms with Crippen LogP contribution in [0.1, 0.15) is 0 Å². The van der Waals surface area contributed by atoms with Gasteiger partial charge in [0.1, 0.15) is 0 Å². The highest BCUT2D eigenvalue weighted by molar-refractivity contribution is 6.90. The lowest BCUT2D eigenvalue weighted by Gasteiger charge is -2.05. The van der Waals surface area contributed by atoms with Crippen LogP contribution in [0, 0.1) is 22.9 Å². The fourth-order valence-corrected chi connectivity index (χ4v) is 1.46. The molecule has 0 atom stereocenters. The Balaban J connectivity index is 4.59. The van der Waals surface area contributed by atoms with Crippen molar-refractivity contribution in [3.05, 3.63) is 24.6 Å². The van der Waals surface area contributed by atoms with Gasteiger partial charge in [0, 0.05) is 0 Å². The van der Waals surface area contributed by atoms with Crippen LogP contribution in [0.5, 0.6) is 0 Å². The molecule has 0 fully saturated rings. The minimum Gasteiger partial charge on any atom is -0.113 e. The van der Waals surface area contributed by atoms with Crippen molar-refractivity contribution < 1.29 is 0 Å². The summed E-state index contributed by atoms with van der Waals surface area (Å²) in [4.78, 5) is 0. The van der Waals surface area contributed by atoms with E-state index in [2.05, 4.69) is 62.3 Å². The standard InChI is InChI=1S/C12H18Si2/c1-7-13(3,4)11-9-10-12-14(5,6)8-2/h7-8H,1-2H2,3-6H3. The van der Waals surface area contributed by atoms with Crippen LogP contribution in [-0.2, 0) is 0 Å². The quantitative estimate of drug-likeness (QED) is 0.494. The Morgan fingerprint density at radius 2 is 1.07 bits per heavy atom. The summed E-state index contributed by atoms with van der Waals surface area (Å²) in [6, 6.07) is 0. The Hall–Kier alpha value is -0.966. The van der Waals surface area contributed by atoms with Gasteiger partial charge in [-0.1, -0.05) is 37.6 Å². The molecule has 74 valence electrons. The monoisotopic (exact) mass is 218 g/mol. The largest absolute Gasteiger partial charge is 0.156 e. The summed E-state index contributed by atoms with van der Waals surface area (Å²) in [7, 11) is -2.99. The van der Waals surface area contributed by atoms with Crippen molar-refractivity contribution in [2.45, 2.75) is 26.2 Å². The van der Waals surface area contributed by atoms with E-state index < -0.39 is 16.1 Å². The Morgan fingerprint density at radius 3 is 1.29 bits per heavy atom. The maximum Gasteiger partial charge on any atom is 0.156 e. The van der Waals surface area contributed by atoms with E-state index in [1.807, 2.05) is 11.4 Å². The Kier molecular flexibility index (Phi) is 4.70. The maximum atomic E-state index is 3.78. The maximum absolute atomic E-state index is 3.78. The summed E-state index contributed by atoms with van der Waals surface area (Å²) >= 11 is 0. The molecule has 0 rings (SSSR count). The fourth-order valence-electron chi connectivity index (χ4n) is 0.487. The van der Waals surface area contributed by atoms with E-state index in [1.54, 1.807) is 0 Å². The van der Waals surface area contributed by atoms with Gasteiger partial charge in [-0.2, -0.15) is 0 Å². The Labute approximate surface area is 90.1 Å². The summed E-state index contributed by atoms with van der Waals surface area (Å²) in [5.74, 6) is 5.87. The van der Waals surface area contributed by atoms with Crippen molar-refractivity contribution in [2.24, 2.45) is 0 Å². The zero-order valence-corrected chi connectivity index (χ0v) is 11.6. The highest BCUT2D eigenvalue weighted by Crippen LogP contribution is 2.00. The lowest BCUT2D eigenvalue weighted by Crippen LogP contribution is -2.20. The van der Waals surface area contributed by atoms with Crippen LogP contribution in [-0.4, -0.2) is 16.1 Å². The predicted octanol–water partition coefficient (Wildman–Crippen LogP) is 2.94. The second kappa shape index (κ2) is 5.05. The molecule has 0 heterocycles. The lowest BCUT2D eigenvalue weighted by molar-refractivity contribution is 1.89. The van der Waals surface area contributed by atoms with Gasteiger partial charge in [-0.25, -0.2) is 0 Å². The van der Waals surface area contributed by atoms with Crippen LogP contribution in [0.15, 0.2) is 24.6 Å². The van der Waals surface area contributed by atoms with Gasteiger partial charge < -0.3 is 0 Å². The molecule has 0 nitrogen and oxygen atoms in total. The zero-order chi connectivity index (χ0) is 11.2. The normalized spacial score (nSPS) is 10.3. The van der Waals surface area contributed by atoms with Crippen molar-refractivity contribution in [3.8, 4) is 22.9 Å². The molecule has 0 radical (unpaired) electrons. The van der Waals surface area contributed by atoms with E-state index in [4.69, 9.17) is 0 Å². The van der Waals surface area contributed by atoms with Gasteiger partial charge in [-0.05, 0) is 11.8 Å². The van der Waals surface area contributed by atoms with Crippen molar-refractivity contribution in [1.82, 2.24) is 0 Å². The average molecular weight is 218 g/mol. The van der Waals surface area contributed by atoms with Crippen LogP contribution in [0.3, 0.4) is 0 Å². The van der Waals surface area contributed by atoms with Crippen molar-refractivity contribution in [2.75, 3.05) is 0 Å². The van der Waals surface area contributed by atoms with E-state index in [1.165, 1.54) is 0 Å². The minimum atomic E-state index is -1.49. The first kappa shape index (κ1) is 13.0. The van der Waals surface area contributed by atoms with Gasteiger partial charge in [0.15, 0.2) is 16.1 Å².